The first kappa shape index (κ1) is 17.0. The Morgan fingerprint density at radius 1 is 1.35 bits per heavy atom. The summed E-state index contributed by atoms with van der Waals surface area (Å²) in [4.78, 5) is 12.4. The number of hydrogen-bond donors (Lipinski definition) is 2. The van der Waals surface area contributed by atoms with E-state index in [1.807, 2.05) is 0 Å². The lowest BCUT2D eigenvalue weighted by Crippen LogP contribution is -2.34. The largest absolute Gasteiger partial charge is 0.352 e. The van der Waals surface area contributed by atoms with E-state index < -0.39 is 0 Å². The Labute approximate surface area is 146 Å². The lowest BCUT2D eigenvalue weighted by atomic mass is 9.92. The second kappa shape index (κ2) is 6.23. The Morgan fingerprint density at radius 3 is 2.78 bits per heavy atom. The van der Waals surface area contributed by atoms with Gasteiger partial charge in [-0.3, -0.25) is 4.79 Å². The van der Waals surface area contributed by atoms with Crippen molar-refractivity contribution in [2.45, 2.75) is 37.6 Å². The van der Waals surface area contributed by atoms with Gasteiger partial charge in [0.1, 0.15) is 5.82 Å². The molecule has 6 heteroatoms. The summed E-state index contributed by atoms with van der Waals surface area (Å²) < 4.78 is 13.9. The standard InChI is InChI=1S/C17H20ClFN2O.ClH/c18-12-2-1-3-13(19)15(12)10-8-14(10)21-16(22)11-9-17(11)4-6-20-7-5-17;/h1-3,10-11,14,20H,4-9H2,(H,21,22);1H. The second-order valence-electron chi connectivity index (χ2n) is 6.96. The van der Waals surface area contributed by atoms with Crippen LogP contribution in [0.3, 0.4) is 0 Å². The van der Waals surface area contributed by atoms with Crippen LogP contribution in [0.1, 0.15) is 37.2 Å². The van der Waals surface area contributed by atoms with Crippen molar-refractivity contribution < 1.29 is 9.18 Å². The first-order valence-electron chi connectivity index (χ1n) is 8.06. The highest BCUT2D eigenvalue weighted by Gasteiger charge is 2.58. The SMILES string of the molecule is Cl.O=C(NC1CC1c1c(F)cccc1Cl)C1CC12CCNCC2. The molecule has 0 bridgehead atoms. The smallest absolute Gasteiger partial charge is 0.223 e. The van der Waals surface area contributed by atoms with E-state index in [1.165, 1.54) is 6.07 Å². The van der Waals surface area contributed by atoms with Crippen LogP contribution in [0.5, 0.6) is 0 Å². The predicted octanol–water partition coefficient (Wildman–Crippen LogP) is 3.26. The number of nitrogens with one attached hydrogen (secondary N) is 2. The van der Waals surface area contributed by atoms with Crippen molar-refractivity contribution in [3.05, 3.63) is 34.6 Å². The molecule has 4 rings (SSSR count). The molecule has 1 aliphatic heterocycles. The van der Waals surface area contributed by atoms with Crippen LogP contribution in [0.25, 0.3) is 0 Å². The Morgan fingerprint density at radius 2 is 2.09 bits per heavy atom. The molecule has 2 saturated carbocycles. The van der Waals surface area contributed by atoms with Crippen LogP contribution in [-0.2, 0) is 4.79 Å². The Bertz CT molecular complexity index is 598. The van der Waals surface area contributed by atoms with Crippen LogP contribution in [0.4, 0.5) is 4.39 Å². The van der Waals surface area contributed by atoms with Crippen LogP contribution < -0.4 is 10.6 Å². The average Bonchev–Trinajstić information content (AvgIpc) is 3.38. The van der Waals surface area contributed by atoms with Gasteiger partial charge < -0.3 is 10.6 Å². The van der Waals surface area contributed by atoms with Crippen molar-refractivity contribution in [2.75, 3.05) is 13.1 Å². The summed E-state index contributed by atoms with van der Waals surface area (Å²) in [6.07, 6.45) is 3.99. The minimum atomic E-state index is -0.268. The third kappa shape index (κ3) is 3.09. The van der Waals surface area contributed by atoms with Gasteiger partial charge in [-0.2, -0.15) is 0 Å². The zero-order valence-corrected chi connectivity index (χ0v) is 14.4. The monoisotopic (exact) mass is 358 g/mol. The van der Waals surface area contributed by atoms with Gasteiger partial charge in [0.15, 0.2) is 0 Å². The summed E-state index contributed by atoms with van der Waals surface area (Å²) in [5, 5.41) is 6.91. The van der Waals surface area contributed by atoms with Gasteiger partial charge >= 0.3 is 0 Å². The minimum Gasteiger partial charge on any atom is -0.352 e. The summed E-state index contributed by atoms with van der Waals surface area (Å²) in [7, 11) is 0. The molecule has 3 fully saturated rings. The number of carbonyl (C=O) groups excluding carboxylic acids is 1. The topological polar surface area (TPSA) is 41.1 Å². The Hall–Kier alpha value is -0.840. The molecule has 3 nitrogen and oxygen atoms in total. The van der Waals surface area contributed by atoms with E-state index in [4.69, 9.17) is 11.6 Å². The lowest BCUT2D eigenvalue weighted by molar-refractivity contribution is -0.123. The van der Waals surface area contributed by atoms with Gasteiger partial charge in [0, 0.05) is 28.5 Å². The summed E-state index contributed by atoms with van der Waals surface area (Å²) in [6.45, 7) is 2.03. The molecule has 1 heterocycles. The molecule has 1 spiro atoms. The van der Waals surface area contributed by atoms with Gasteiger partial charge in [-0.15, -0.1) is 12.4 Å². The minimum absolute atomic E-state index is 0. The molecule has 1 aromatic carbocycles. The molecule has 1 amide bonds. The maximum Gasteiger partial charge on any atom is 0.223 e. The molecule has 0 radical (unpaired) electrons. The molecule has 1 aromatic rings. The molecular formula is C17H21Cl2FN2O. The van der Waals surface area contributed by atoms with E-state index in [9.17, 15) is 9.18 Å². The first-order valence-corrected chi connectivity index (χ1v) is 8.43. The van der Waals surface area contributed by atoms with Gasteiger partial charge in [-0.05, 0) is 56.3 Å². The highest BCUT2D eigenvalue weighted by molar-refractivity contribution is 6.31. The Balaban J connectivity index is 0.00000156. The van der Waals surface area contributed by atoms with Crippen LogP contribution in [-0.4, -0.2) is 25.0 Å². The number of piperidine rings is 1. The number of carbonyl (C=O) groups is 1. The number of hydrogen-bond acceptors (Lipinski definition) is 2. The van der Waals surface area contributed by atoms with Crippen LogP contribution in [0.15, 0.2) is 18.2 Å². The molecule has 23 heavy (non-hydrogen) atoms. The fourth-order valence-electron chi connectivity index (χ4n) is 4.02. The maximum absolute atomic E-state index is 13.9. The molecule has 3 aliphatic rings. The molecule has 3 atom stereocenters. The highest BCUT2D eigenvalue weighted by Crippen LogP contribution is 2.59. The Kier molecular flexibility index (Phi) is 4.60. The molecular weight excluding hydrogens is 338 g/mol. The summed E-state index contributed by atoms with van der Waals surface area (Å²) in [6, 6.07) is 4.80. The number of halogens is 3. The van der Waals surface area contributed by atoms with E-state index in [1.54, 1.807) is 12.1 Å². The fourth-order valence-corrected chi connectivity index (χ4v) is 4.32. The van der Waals surface area contributed by atoms with Crippen molar-refractivity contribution in [1.82, 2.24) is 10.6 Å². The van der Waals surface area contributed by atoms with Gasteiger partial charge in [0.05, 0.1) is 0 Å². The molecule has 1 saturated heterocycles. The van der Waals surface area contributed by atoms with Crippen LogP contribution >= 0.6 is 24.0 Å². The second-order valence-corrected chi connectivity index (χ2v) is 7.37. The zero-order chi connectivity index (χ0) is 15.3. The summed E-state index contributed by atoms with van der Waals surface area (Å²) in [5.41, 5.74) is 0.803. The van der Waals surface area contributed by atoms with E-state index >= 15 is 0 Å². The molecule has 2 N–H and O–H groups in total. The van der Waals surface area contributed by atoms with Crippen molar-refractivity contribution in [1.29, 1.82) is 0 Å². The maximum atomic E-state index is 13.9. The average molecular weight is 359 g/mol. The van der Waals surface area contributed by atoms with Crippen molar-refractivity contribution in [3.8, 4) is 0 Å². The third-order valence-electron chi connectivity index (χ3n) is 5.59. The molecule has 2 aliphatic carbocycles. The van der Waals surface area contributed by atoms with Crippen molar-refractivity contribution >= 4 is 29.9 Å². The van der Waals surface area contributed by atoms with Gasteiger partial charge in [0.2, 0.25) is 5.91 Å². The normalized spacial score (nSPS) is 30.4. The molecule has 126 valence electrons. The zero-order valence-electron chi connectivity index (χ0n) is 12.8. The van der Waals surface area contributed by atoms with Crippen LogP contribution in [0, 0.1) is 17.2 Å². The quantitative estimate of drug-likeness (QED) is 0.870. The van der Waals surface area contributed by atoms with Gasteiger partial charge in [-0.1, -0.05) is 17.7 Å². The lowest BCUT2D eigenvalue weighted by Gasteiger charge is -2.23. The number of amides is 1. The number of rotatable bonds is 3. The van der Waals surface area contributed by atoms with Gasteiger partial charge in [-0.25, -0.2) is 4.39 Å². The summed E-state index contributed by atoms with van der Waals surface area (Å²) in [5.74, 6) is 0.0738. The molecule has 0 aromatic heterocycles. The predicted molar refractivity (Wildman–Crippen MR) is 90.6 cm³/mol. The first-order chi connectivity index (χ1) is 10.6. The summed E-state index contributed by atoms with van der Waals surface area (Å²) >= 11 is 6.10. The number of benzene rings is 1. The van der Waals surface area contributed by atoms with E-state index in [0.29, 0.717) is 10.6 Å². The van der Waals surface area contributed by atoms with Gasteiger partial charge in [0.25, 0.3) is 0 Å². The fraction of sp³-hybridized carbons (Fsp3) is 0.588. The third-order valence-corrected chi connectivity index (χ3v) is 5.92. The molecule has 3 unspecified atom stereocenters. The highest BCUT2D eigenvalue weighted by atomic mass is 35.5. The van der Waals surface area contributed by atoms with Crippen molar-refractivity contribution in [2.24, 2.45) is 11.3 Å². The van der Waals surface area contributed by atoms with E-state index in [2.05, 4.69) is 10.6 Å². The van der Waals surface area contributed by atoms with Crippen molar-refractivity contribution in [3.63, 3.8) is 0 Å². The van der Waals surface area contributed by atoms with E-state index in [-0.39, 0.29) is 47.4 Å². The van der Waals surface area contributed by atoms with Crippen LogP contribution in [0.2, 0.25) is 5.02 Å². The van der Waals surface area contributed by atoms with E-state index in [0.717, 1.165) is 38.8 Å².